The number of aromatic nitrogens is 1. The van der Waals surface area contributed by atoms with Crippen LogP contribution in [-0.4, -0.2) is 69.0 Å². The fraction of sp³-hybridized carbons (Fsp3) is 0.480. The van der Waals surface area contributed by atoms with Gasteiger partial charge in [-0.2, -0.15) is 0 Å². The van der Waals surface area contributed by atoms with Gasteiger partial charge in [-0.15, -0.1) is 0 Å². The van der Waals surface area contributed by atoms with E-state index in [1.54, 1.807) is 6.20 Å². The number of nitrogens with one attached hydrogen (secondary N) is 4. The quantitative estimate of drug-likeness (QED) is 0.188. The highest BCUT2D eigenvalue weighted by Gasteiger charge is 2.29. The second-order valence-electron chi connectivity index (χ2n) is 9.42. The van der Waals surface area contributed by atoms with Gasteiger partial charge in [-0.05, 0) is 37.3 Å². The zero-order valence-electron chi connectivity index (χ0n) is 21.1. The first-order valence-corrected chi connectivity index (χ1v) is 12.0. The Hall–Kier alpha value is -3.93. The number of carboxylic acids is 2. The first kappa shape index (κ1) is 29.3. The van der Waals surface area contributed by atoms with Crippen molar-refractivity contribution in [3.05, 3.63) is 36.0 Å². The third-order valence-corrected chi connectivity index (χ3v) is 5.81. The van der Waals surface area contributed by atoms with E-state index in [0.717, 1.165) is 16.5 Å². The van der Waals surface area contributed by atoms with Gasteiger partial charge in [0.1, 0.15) is 18.1 Å². The Bertz CT molecular complexity index is 1130. The fourth-order valence-corrected chi connectivity index (χ4v) is 3.82. The van der Waals surface area contributed by atoms with Crippen LogP contribution in [0.3, 0.4) is 0 Å². The second kappa shape index (κ2) is 13.4. The van der Waals surface area contributed by atoms with Crippen molar-refractivity contribution in [3.8, 4) is 0 Å². The number of aromatic amines is 1. The molecule has 0 saturated heterocycles. The molecular weight excluding hydrogens is 482 g/mol. The summed E-state index contributed by atoms with van der Waals surface area (Å²) in [4.78, 5) is 63.7. The maximum absolute atomic E-state index is 13.2. The predicted molar refractivity (Wildman–Crippen MR) is 135 cm³/mol. The molecule has 12 nitrogen and oxygen atoms in total. The van der Waals surface area contributed by atoms with Crippen molar-refractivity contribution >= 4 is 40.6 Å². The van der Waals surface area contributed by atoms with E-state index in [-0.39, 0.29) is 18.8 Å². The molecule has 0 spiro atoms. The largest absolute Gasteiger partial charge is 0.481 e. The van der Waals surface area contributed by atoms with Crippen molar-refractivity contribution in [1.82, 2.24) is 20.9 Å². The molecule has 1 aromatic heterocycles. The average Bonchev–Trinajstić information content (AvgIpc) is 3.23. The Morgan fingerprint density at radius 1 is 0.919 bits per heavy atom. The monoisotopic (exact) mass is 517 g/mol. The Balaban J connectivity index is 2.16. The van der Waals surface area contributed by atoms with Crippen LogP contribution in [0, 0.1) is 5.92 Å². The predicted octanol–water partition coefficient (Wildman–Crippen LogP) is 0.508. The highest BCUT2D eigenvalue weighted by atomic mass is 16.4. The molecule has 0 aliphatic rings. The lowest BCUT2D eigenvalue weighted by Crippen LogP contribution is -2.57. The van der Waals surface area contributed by atoms with Crippen LogP contribution in [0.15, 0.2) is 30.5 Å². The van der Waals surface area contributed by atoms with Gasteiger partial charge in [0, 0.05) is 29.9 Å². The summed E-state index contributed by atoms with van der Waals surface area (Å²) in [6, 6.07) is 2.97. The summed E-state index contributed by atoms with van der Waals surface area (Å²) in [6.07, 6.45) is 1.50. The average molecular weight is 518 g/mol. The van der Waals surface area contributed by atoms with Crippen LogP contribution < -0.4 is 21.7 Å². The van der Waals surface area contributed by atoms with Gasteiger partial charge >= 0.3 is 11.9 Å². The molecule has 0 bridgehead atoms. The number of carbonyl (C=O) groups excluding carboxylic acids is 3. The molecular formula is C25H35N5O7. The molecule has 1 heterocycles. The molecule has 0 aliphatic carbocycles. The number of rotatable bonds is 14. The van der Waals surface area contributed by atoms with E-state index < -0.39 is 60.2 Å². The van der Waals surface area contributed by atoms with Crippen molar-refractivity contribution in [3.63, 3.8) is 0 Å². The SMILES string of the molecule is CC(C)CC(N)C(=O)NC(Cc1c[nH]c2ccccc12)C(=O)NC(C)C(=O)NC(CCC(=O)O)C(=O)O. The summed E-state index contributed by atoms with van der Waals surface area (Å²) in [5.41, 5.74) is 7.63. The molecule has 2 aromatic rings. The summed E-state index contributed by atoms with van der Waals surface area (Å²) >= 11 is 0. The van der Waals surface area contributed by atoms with Gasteiger partial charge in [-0.3, -0.25) is 19.2 Å². The molecule has 3 amide bonds. The highest BCUT2D eigenvalue weighted by molar-refractivity contribution is 5.94. The number of para-hydroxylation sites is 1. The Labute approximate surface area is 214 Å². The zero-order valence-corrected chi connectivity index (χ0v) is 21.1. The minimum absolute atomic E-state index is 0.112. The number of carbonyl (C=O) groups is 5. The smallest absolute Gasteiger partial charge is 0.326 e. The molecule has 202 valence electrons. The first-order chi connectivity index (χ1) is 17.4. The number of aliphatic carboxylic acids is 2. The summed E-state index contributed by atoms with van der Waals surface area (Å²) in [6.45, 7) is 5.20. The van der Waals surface area contributed by atoms with Crippen LogP contribution in [-0.2, 0) is 30.4 Å². The van der Waals surface area contributed by atoms with Gasteiger partial charge in [0.05, 0.1) is 6.04 Å². The molecule has 0 radical (unpaired) electrons. The van der Waals surface area contributed by atoms with Gasteiger partial charge in [-0.25, -0.2) is 4.79 Å². The third kappa shape index (κ3) is 8.90. The van der Waals surface area contributed by atoms with Gasteiger partial charge < -0.3 is 36.9 Å². The number of hydrogen-bond acceptors (Lipinski definition) is 6. The Morgan fingerprint density at radius 3 is 2.19 bits per heavy atom. The zero-order chi connectivity index (χ0) is 27.7. The van der Waals surface area contributed by atoms with E-state index >= 15 is 0 Å². The molecule has 1 aromatic carbocycles. The Kier molecular flexibility index (Phi) is 10.6. The van der Waals surface area contributed by atoms with Crippen LogP contribution in [0.5, 0.6) is 0 Å². The van der Waals surface area contributed by atoms with Crippen LogP contribution in [0.4, 0.5) is 0 Å². The normalized spacial score (nSPS) is 14.4. The third-order valence-electron chi connectivity index (χ3n) is 5.81. The molecule has 12 heteroatoms. The van der Waals surface area contributed by atoms with E-state index in [2.05, 4.69) is 20.9 Å². The first-order valence-electron chi connectivity index (χ1n) is 12.0. The number of fused-ring (bicyclic) bond motifs is 1. The standard InChI is InChI=1S/C25H35N5O7/c1-13(2)10-17(26)23(34)30-20(11-15-12-27-18-7-5-4-6-16(15)18)24(35)28-14(3)22(33)29-19(25(36)37)8-9-21(31)32/h4-7,12-14,17,19-20,27H,8-11,26H2,1-3H3,(H,28,35)(H,29,33)(H,30,34)(H,31,32)(H,36,37). The lowest BCUT2D eigenvalue weighted by Gasteiger charge is -2.24. The molecule has 8 N–H and O–H groups in total. The van der Waals surface area contributed by atoms with E-state index in [0.29, 0.717) is 6.42 Å². The Morgan fingerprint density at radius 2 is 1.57 bits per heavy atom. The highest BCUT2D eigenvalue weighted by Crippen LogP contribution is 2.19. The van der Waals surface area contributed by atoms with Crippen molar-refractivity contribution in [2.75, 3.05) is 0 Å². The maximum Gasteiger partial charge on any atom is 0.326 e. The molecule has 0 saturated carbocycles. The van der Waals surface area contributed by atoms with Crippen molar-refractivity contribution < 1.29 is 34.2 Å². The molecule has 4 unspecified atom stereocenters. The topological polar surface area (TPSA) is 204 Å². The number of amides is 3. The van der Waals surface area contributed by atoms with E-state index in [9.17, 15) is 29.1 Å². The molecule has 2 rings (SSSR count). The molecule has 37 heavy (non-hydrogen) atoms. The number of hydrogen-bond donors (Lipinski definition) is 7. The summed E-state index contributed by atoms with van der Waals surface area (Å²) in [5, 5.41) is 26.4. The number of H-pyrrole nitrogens is 1. The van der Waals surface area contributed by atoms with Crippen molar-refractivity contribution in [2.45, 2.75) is 70.6 Å². The number of benzene rings is 1. The lowest BCUT2D eigenvalue weighted by molar-refractivity contribution is -0.143. The van der Waals surface area contributed by atoms with Gasteiger partial charge in [0.2, 0.25) is 17.7 Å². The van der Waals surface area contributed by atoms with Crippen LogP contribution in [0.1, 0.15) is 45.6 Å². The fourth-order valence-electron chi connectivity index (χ4n) is 3.82. The molecule has 4 atom stereocenters. The van der Waals surface area contributed by atoms with E-state index in [1.807, 2.05) is 38.1 Å². The number of carboxylic acid groups (broad SMARTS) is 2. The van der Waals surface area contributed by atoms with Crippen LogP contribution in [0.25, 0.3) is 10.9 Å². The summed E-state index contributed by atoms with van der Waals surface area (Å²) in [5.74, 6) is -4.40. The van der Waals surface area contributed by atoms with Crippen molar-refractivity contribution in [2.24, 2.45) is 11.7 Å². The summed E-state index contributed by atoms with van der Waals surface area (Å²) < 4.78 is 0. The van der Waals surface area contributed by atoms with E-state index in [1.165, 1.54) is 6.92 Å². The number of nitrogens with two attached hydrogens (primary N) is 1. The minimum atomic E-state index is -1.43. The van der Waals surface area contributed by atoms with Crippen LogP contribution in [0.2, 0.25) is 0 Å². The van der Waals surface area contributed by atoms with Crippen molar-refractivity contribution in [1.29, 1.82) is 0 Å². The van der Waals surface area contributed by atoms with Gasteiger partial charge in [0.25, 0.3) is 0 Å². The lowest BCUT2D eigenvalue weighted by atomic mass is 10.0. The molecule has 0 aliphatic heterocycles. The van der Waals surface area contributed by atoms with Crippen LogP contribution >= 0.6 is 0 Å². The van der Waals surface area contributed by atoms with Gasteiger partial charge in [-0.1, -0.05) is 32.0 Å². The van der Waals surface area contributed by atoms with Gasteiger partial charge in [0.15, 0.2) is 0 Å². The molecule has 0 fully saturated rings. The van der Waals surface area contributed by atoms with E-state index in [4.69, 9.17) is 10.8 Å². The second-order valence-corrected chi connectivity index (χ2v) is 9.42. The summed E-state index contributed by atoms with van der Waals surface area (Å²) in [7, 11) is 0. The maximum atomic E-state index is 13.2. The minimum Gasteiger partial charge on any atom is -0.481 e.